The molecular weight excluding hydrogens is 330 g/mol. The molecular formula is C15H14BrN5. The van der Waals surface area contributed by atoms with E-state index < -0.39 is 0 Å². The highest BCUT2D eigenvalue weighted by Crippen LogP contribution is 2.29. The summed E-state index contributed by atoms with van der Waals surface area (Å²) in [5.74, 6) is 0.642. The van der Waals surface area contributed by atoms with Gasteiger partial charge >= 0.3 is 0 Å². The first kappa shape index (κ1) is 13.8. The van der Waals surface area contributed by atoms with E-state index in [4.69, 9.17) is 5.73 Å². The predicted molar refractivity (Wildman–Crippen MR) is 86.2 cm³/mol. The maximum absolute atomic E-state index is 6.10. The number of nitrogen functional groups attached to an aromatic ring is 1. The summed E-state index contributed by atoms with van der Waals surface area (Å²) >= 11 is 3.50. The number of tetrazole rings is 1. The first-order valence-electron chi connectivity index (χ1n) is 6.47. The van der Waals surface area contributed by atoms with Gasteiger partial charge in [0, 0.05) is 15.7 Å². The van der Waals surface area contributed by atoms with Crippen molar-refractivity contribution < 1.29 is 0 Å². The van der Waals surface area contributed by atoms with Crippen LogP contribution in [0.4, 0.5) is 5.69 Å². The molecule has 3 rings (SSSR count). The second-order valence-electron chi connectivity index (χ2n) is 4.94. The van der Waals surface area contributed by atoms with Gasteiger partial charge in [0.25, 0.3) is 0 Å². The van der Waals surface area contributed by atoms with Gasteiger partial charge in [-0.05, 0) is 59.7 Å². The molecule has 0 spiro atoms. The number of halogens is 1. The first-order chi connectivity index (χ1) is 10.1. The Kier molecular flexibility index (Phi) is 3.47. The molecule has 0 aliphatic heterocycles. The molecule has 21 heavy (non-hydrogen) atoms. The fraction of sp³-hybridized carbons (Fsp3) is 0.133. The minimum absolute atomic E-state index is 0.642. The van der Waals surface area contributed by atoms with Gasteiger partial charge in [-0.1, -0.05) is 28.1 Å². The number of aryl methyl sites for hydroxylation is 2. The summed E-state index contributed by atoms with van der Waals surface area (Å²) in [5.41, 5.74) is 10.7. The number of rotatable bonds is 2. The quantitative estimate of drug-likeness (QED) is 0.725. The number of benzene rings is 2. The van der Waals surface area contributed by atoms with Crippen LogP contribution in [0.25, 0.3) is 17.1 Å². The van der Waals surface area contributed by atoms with Gasteiger partial charge in [0.05, 0.1) is 5.69 Å². The van der Waals surface area contributed by atoms with Crippen molar-refractivity contribution >= 4 is 21.6 Å². The Labute approximate surface area is 130 Å². The van der Waals surface area contributed by atoms with Crippen molar-refractivity contribution in [1.82, 2.24) is 20.2 Å². The van der Waals surface area contributed by atoms with E-state index >= 15 is 0 Å². The molecule has 0 unspecified atom stereocenters. The lowest BCUT2D eigenvalue weighted by molar-refractivity contribution is 0.790. The third-order valence-electron chi connectivity index (χ3n) is 3.27. The second-order valence-corrected chi connectivity index (χ2v) is 5.86. The lowest BCUT2D eigenvalue weighted by Gasteiger charge is -2.10. The number of anilines is 1. The summed E-state index contributed by atoms with van der Waals surface area (Å²) in [6, 6.07) is 11.8. The van der Waals surface area contributed by atoms with Crippen LogP contribution in [-0.4, -0.2) is 20.2 Å². The van der Waals surface area contributed by atoms with Gasteiger partial charge in [-0.15, -0.1) is 5.10 Å². The van der Waals surface area contributed by atoms with Crippen molar-refractivity contribution in [1.29, 1.82) is 0 Å². The van der Waals surface area contributed by atoms with Crippen LogP contribution in [0.15, 0.2) is 40.9 Å². The third kappa shape index (κ3) is 2.54. The predicted octanol–water partition coefficient (Wildman–Crippen LogP) is 3.29. The zero-order valence-electron chi connectivity index (χ0n) is 11.7. The second kappa shape index (κ2) is 5.29. The molecule has 0 radical (unpaired) electrons. The Balaban J connectivity index is 2.22. The largest absolute Gasteiger partial charge is 0.398 e. The zero-order valence-corrected chi connectivity index (χ0v) is 13.3. The molecule has 1 aromatic heterocycles. The number of nitrogens with two attached hydrogens (primary N) is 1. The molecule has 2 aromatic carbocycles. The molecule has 1 heterocycles. The van der Waals surface area contributed by atoms with Crippen molar-refractivity contribution in [2.24, 2.45) is 0 Å². The number of hydrogen-bond acceptors (Lipinski definition) is 4. The van der Waals surface area contributed by atoms with E-state index in [1.165, 1.54) is 0 Å². The van der Waals surface area contributed by atoms with Crippen LogP contribution in [-0.2, 0) is 0 Å². The van der Waals surface area contributed by atoms with Gasteiger partial charge < -0.3 is 5.73 Å². The summed E-state index contributed by atoms with van der Waals surface area (Å²) in [6.45, 7) is 4.03. The molecule has 3 aromatic rings. The van der Waals surface area contributed by atoms with E-state index in [-0.39, 0.29) is 0 Å². The number of hydrogen-bond donors (Lipinski definition) is 1. The smallest absolute Gasteiger partial charge is 0.189 e. The molecule has 0 aliphatic rings. The molecule has 0 fully saturated rings. The van der Waals surface area contributed by atoms with Crippen LogP contribution in [0.2, 0.25) is 0 Å². The average molecular weight is 344 g/mol. The zero-order chi connectivity index (χ0) is 15.0. The molecule has 0 amide bonds. The van der Waals surface area contributed by atoms with Crippen molar-refractivity contribution in [2.45, 2.75) is 13.8 Å². The van der Waals surface area contributed by atoms with E-state index in [1.54, 1.807) is 4.68 Å². The fourth-order valence-corrected chi connectivity index (χ4v) is 2.95. The summed E-state index contributed by atoms with van der Waals surface area (Å²) in [5, 5.41) is 12.1. The number of aromatic nitrogens is 4. The molecule has 0 saturated heterocycles. The Morgan fingerprint density at radius 1 is 1.14 bits per heavy atom. The number of nitrogens with zero attached hydrogens (tertiary/aromatic N) is 4. The van der Waals surface area contributed by atoms with Gasteiger partial charge in [0.15, 0.2) is 5.82 Å². The van der Waals surface area contributed by atoms with Crippen LogP contribution in [0.3, 0.4) is 0 Å². The highest BCUT2D eigenvalue weighted by atomic mass is 79.9. The van der Waals surface area contributed by atoms with Crippen LogP contribution in [0, 0.1) is 13.8 Å². The molecule has 0 atom stereocenters. The average Bonchev–Trinajstić information content (AvgIpc) is 2.86. The lowest BCUT2D eigenvalue weighted by Crippen LogP contribution is -2.03. The van der Waals surface area contributed by atoms with Gasteiger partial charge in [-0.2, -0.15) is 4.68 Å². The fourth-order valence-electron chi connectivity index (χ4n) is 2.35. The molecule has 106 valence electrons. The first-order valence-corrected chi connectivity index (χ1v) is 7.27. The Hall–Kier alpha value is -2.21. The van der Waals surface area contributed by atoms with E-state index in [1.807, 2.05) is 50.2 Å². The van der Waals surface area contributed by atoms with Crippen LogP contribution >= 0.6 is 15.9 Å². The van der Waals surface area contributed by atoms with Gasteiger partial charge in [-0.25, -0.2) is 0 Å². The topological polar surface area (TPSA) is 69.6 Å². The molecule has 0 bridgehead atoms. The summed E-state index contributed by atoms with van der Waals surface area (Å²) in [7, 11) is 0. The van der Waals surface area contributed by atoms with Crippen molar-refractivity contribution in [2.75, 3.05) is 5.73 Å². The van der Waals surface area contributed by atoms with Crippen molar-refractivity contribution in [3.8, 4) is 17.1 Å². The highest BCUT2D eigenvalue weighted by molar-refractivity contribution is 9.10. The minimum Gasteiger partial charge on any atom is -0.398 e. The van der Waals surface area contributed by atoms with Crippen molar-refractivity contribution in [3.05, 3.63) is 52.0 Å². The monoisotopic (exact) mass is 343 g/mol. The van der Waals surface area contributed by atoms with E-state index in [9.17, 15) is 0 Å². The standard InChI is InChI=1S/C15H14BrN5/c1-9-6-11(16)8-12(7-9)21-15(18-19-20-21)14-10(2)4-3-5-13(14)17/h3-8H,17H2,1-2H3. The van der Waals surface area contributed by atoms with Gasteiger partial charge in [0.1, 0.15) is 0 Å². The molecule has 6 heteroatoms. The summed E-state index contributed by atoms with van der Waals surface area (Å²) < 4.78 is 2.69. The molecule has 0 saturated carbocycles. The Morgan fingerprint density at radius 3 is 2.67 bits per heavy atom. The Bertz CT molecular complexity index is 769. The van der Waals surface area contributed by atoms with E-state index in [0.717, 1.165) is 26.9 Å². The SMILES string of the molecule is Cc1cc(Br)cc(-n2nnnc2-c2c(C)cccc2N)c1. The lowest BCUT2D eigenvalue weighted by atomic mass is 10.1. The molecule has 0 aliphatic carbocycles. The van der Waals surface area contributed by atoms with E-state index in [2.05, 4.69) is 31.5 Å². The minimum atomic E-state index is 0.642. The third-order valence-corrected chi connectivity index (χ3v) is 3.73. The highest BCUT2D eigenvalue weighted by Gasteiger charge is 2.16. The normalized spacial score (nSPS) is 10.8. The van der Waals surface area contributed by atoms with Gasteiger partial charge in [-0.3, -0.25) is 0 Å². The van der Waals surface area contributed by atoms with E-state index in [0.29, 0.717) is 11.5 Å². The molecule has 5 nitrogen and oxygen atoms in total. The molecule has 2 N–H and O–H groups in total. The van der Waals surface area contributed by atoms with Crippen molar-refractivity contribution in [3.63, 3.8) is 0 Å². The van der Waals surface area contributed by atoms with Crippen LogP contribution < -0.4 is 5.73 Å². The summed E-state index contributed by atoms with van der Waals surface area (Å²) in [4.78, 5) is 0. The maximum Gasteiger partial charge on any atom is 0.189 e. The van der Waals surface area contributed by atoms with Gasteiger partial charge in [0.2, 0.25) is 0 Å². The van der Waals surface area contributed by atoms with Crippen LogP contribution in [0.5, 0.6) is 0 Å². The summed E-state index contributed by atoms with van der Waals surface area (Å²) in [6.07, 6.45) is 0. The Morgan fingerprint density at radius 2 is 1.95 bits per heavy atom. The maximum atomic E-state index is 6.10. The van der Waals surface area contributed by atoms with Crippen LogP contribution in [0.1, 0.15) is 11.1 Å².